The van der Waals surface area contributed by atoms with Crippen molar-refractivity contribution < 1.29 is 4.79 Å². The van der Waals surface area contributed by atoms with Crippen molar-refractivity contribution in [3.8, 4) is 0 Å². The second-order valence-corrected chi connectivity index (χ2v) is 6.65. The second-order valence-electron chi connectivity index (χ2n) is 6.65. The molecule has 4 rings (SSSR count). The van der Waals surface area contributed by atoms with Crippen LogP contribution >= 0.6 is 0 Å². The van der Waals surface area contributed by atoms with E-state index >= 15 is 0 Å². The van der Waals surface area contributed by atoms with Crippen molar-refractivity contribution in [2.75, 3.05) is 23.3 Å². The van der Waals surface area contributed by atoms with E-state index in [4.69, 9.17) is 0 Å². The molecule has 1 saturated heterocycles. The van der Waals surface area contributed by atoms with Gasteiger partial charge in [-0.25, -0.2) is 9.67 Å². The summed E-state index contributed by atoms with van der Waals surface area (Å²) in [4.78, 5) is 23.1. The summed E-state index contributed by atoms with van der Waals surface area (Å²) >= 11 is 0. The molecule has 0 bridgehead atoms. The van der Waals surface area contributed by atoms with Gasteiger partial charge in [-0.3, -0.25) is 9.78 Å². The number of benzene rings is 1. The number of nitrogens with zero attached hydrogens (tertiary/aromatic N) is 5. The van der Waals surface area contributed by atoms with Crippen molar-refractivity contribution in [2.45, 2.75) is 25.3 Å². The molecule has 7 nitrogen and oxygen atoms in total. The summed E-state index contributed by atoms with van der Waals surface area (Å²) in [6.45, 7) is 1.78. The molecule has 3 heterocycles. The lowest BCUT2D eigenvalue weighted by atomic mass is 10.1. The summed E-state index contributed by atoms with van der Waals surface area (Å²) in [7, 11) is 0. The average Bonchev–Trinajstić information content (AvgIpc) is 3.17. The van der Waals surface area contributed by atoms with Crippen molar-refractivity contribution in [1.29, 1.82) is 0 Å². The van der Waals surface area contributed by atoms with E-state index in [1.807, 2.05) is 41.1 Å². The van der Waals surface area contributed by atoms with Crippen LogP contribution < -0.4 is 10.2 Å². The monoisotopic (exact) mass is 362 g/mol. The highest BCUT2D eigenvalue weighted by Crippen LogP contribution is 2.27. The highest BCUT2D eigenvalue weighted by Gasteiger charge is 2.24. The van der Waals surface area contributed by atoms with Gasteiger partial charge in [0.1, 0.15) is 11.6 Å². The molecule has 27 heavy (non-hydrogen) atoms. The van der Waals surface area contributed by atoms with Crippen LogP contribution in [0.15, 0.2) is 61.2 Å². The fourth-order valence-corrected chi connectivity index (χ4v) is 3.47. The summed E-state index contributed by atoms with van der Waals surface area (Å²) in [5.41, 5.74) is 0.998. The van der Waals surface area contributed by atoms with Crippen LogP contribution in [0, 0.1) is 0 Å². The normalized spacial score (nSPS) is 14.9. The van der Waals surface area contributed by atoms with E-state index in [9.17, 15) is 4.79 Å². The average molecular weight is 362 g/mol. The van der Waals surface area contributed by atoms with Crippen LogP contribution in [0.4, 0.5) is 11.6 Å². The molecule has 3 aromatic rings. The quantitative estimate of drug-likeness (QED) is 0.755. The first-order valence-electron chi connectivity index (χ1n) is 9.18. The molecule has 7 heteroatoms. The number of amides is 1. The Morgan fingerprint density at radius 3 is 2.63 bits per heavy atom. The maximum Gasteiger partial charge on any atom is 0.229 e. The van der Waals surface area contributed by atoms with Gasteiger partial charge in [0.15, 0.2) is 0 Å². The van der Waals surface area contributed by atoms with Gasteiger partial charge in [-0.2, -0.15) is 5.10 Å². The first-order valence-corrected chi connectivity index (χ1v) is 9.18. The molecule has 0 atom stereocenters. The molecule has 1 amide bonds. The first-order chi connectivity index (χ1) is 13.3. The molecule has 0 spiro atoms. The van der Waals surface area contributed by atoms with Gasteiger partial charge in [0.25, 0.3) is 0 Å². The van der Waals surface area contributed by atoms with Crippen molar-refractivity contribution in [3.63, 3.8) is 0 Å². The van der Waals surface area contributed by atoms with E-state index in [1.165, 1.54) is 0 Å². The molecule has 1 aromatic carbocycles. The van der Waals surface area contributed by atoms with E-state index < -0.39 is 0 Å². The Balaban J connectivity index is 1.37. The van der Waals surface area contributed by atoms with Crippen molar-refractivity contribution >= 4 is 17.5 Å². The standard InChI is InChI=1S/C20H22N6O/c27-20(14-16-4-2-1-3-5-16)24-18-6-9-23-26(18)17-7-12-25(13-8-17)19-15-21-10-11-22-19/h1-6,9-11,15,17H,7-8,12-14H2,(H,24,27). The maximum absolute atomic E-state index is 12.4. The number of rotatable bonds is 5. The molecular weight excluding hydrogens is 340 g/mol. The Morgan fingerprint density at radius 1 is 1.07 bits per heavy atom. The van der Waals surface area contributed by atoms with Gasteiger partial charge in [-0.05, 0) is 18.4 Å². The molecule has 0 unspecified atom stereocenters. The number of hydrogen-bond acceptors (Lipinski definition) is 5. The number of anilines is 2. The zero-order chi connectivity index (χ0) is 18.5. The van der Waals surface area contributed by atoms with E-state index in [0.29, 0.717) is 6.42 Å². The molecule has 0 radical (unpaired) electrons. The minimum absolute atomic E-state index is 0.0278. The van der Waals surface area contributed by atoms with Crippen LogP contribution in [-0.2, 0) is 11.2 Å². The third-order valence-electron chi connectivity index (χ3n) is 4.83. The summed E-state index contributed by atoms with van der Waals surface area (Å²) < 4.78 is 1.94. The van der Waals surface area contributed by atoms with Crippen molar-refractivity contribution in [2.24, 2.45) is 0 Å². The molecule has 0 aliphatic carbocycles. The fourth-order valence-electron chi connectivity index (χ4n) is 3.47. The lowest BCUT2D eigenvalue weighted by molar-refractivity contribution is -0.115. The Kier molecular flexibility index (Phi) is 5.09. The third-order valence-corrected chi connectivity index (χ3v) is 4.83. The molecule has 1 fully saturated rings. The van der Waals surface area contributed by atoms with Crippen LogP contribution in [0.2, 0.25) is 0 Å². The molecule has 138 valence electrons. The first kappa shape index (κ1) is 17.2. The molecular formula is C20H22N6O. The highest BCUT2D eigenvalue weighted by atomic mass is 16.1. The van der Waals surface area contributed by atoms with Crippen LogP contribution in [-0.4, -0.2) is 38.7 Å². The van der Waals surface area contributed by atoms with Gasteiger partial charge < -0.3 is 10.2 Å². The fraction of sp³-hybridized carbons (Fsp3) is 0.300. The van der Waals surface area contributed by atoms with Crippen LogP contribution in [0.1, 0.15) is 24.4 Å². The summed E-state index contributed by atoms with van der Waals surface area (Å²) in [6.07, 6.45) is 9.19. The third kappa shape index (κ3) is 4.13. The maximum atomic E-state index is 12.4. The van der Waals surface area contributed by atoms with Crippen LogP contribution in [0.25, 0.3) is 0 Å². The minimum Gasteiger partial charge on any atom is -0.355 e. The van der Waals surface area contributed by atoms with Gasteiger partial charge >= 0.3 is 0 Å². The largest absolute Gasteiger partial charge is 0.355 e. The number of carbonyl (C=O) groups excluding carboxylic acids is 1. The Morgan fingerprint density at radius 2 is 1.89 bits per heavy atom. The Hall–Kier alpha value is -3.22. The number of carbonyl (C=O) groups is 1. The number of aromatic nitrogens is 4. The van der Waals surface area contributed by atoms with Gasteiger partial charge in [-0.1, -0.05) is 30.3 Å². The van der Waals surface area contributed by atoms with Gasteiger partial charge in [0.2, 0.25) is 5.91 Å². The van der Waals surface area contributed by atoms with Crippen molar-refractivity contribution in [1.82, 2.24) is 19.7 Å². The lowest BCUT2D eigenvalue weighted by Gasteiger charge is -2.33. The molecule has 0 saturated carbocycles. The summed E-state index contributed by atoms with van der Waals surface area (Å²) in [5.74, 6) is 1.64. The van der Waals surface area contributed by atoms with Gasteiger partial charge in [0, 0.05) is 31.5 Å². The van der Waals surface area contributed by atoms with E-state index in [1.54, 1.807) is 24.8 Å². The summed E-state index contributed by atoms with van der Waals surface area (Å²) in [5, 5.41) is 7.46. The van der Waals surface area contributed by atoms with Gasteiger partial charge in [-0.15, -0.1) is 0 Å². The number of nitrogens with one attached hydrogen (secondary N) is 1. The number of hydrogen-bond donors (Lipinski definition) is 1. The highest BCUT2D eigenvalue weighted by molar-refractivity contribution is 5.91. The summed E-state index contributed by atoms with van der Waals surface area (Å²) in [6, 6.07) is 11.9. The predicted octanol–water partition coefficient (Wildman–Crippen LogP) is 2.70. The smallest absolute Gasteiger partial charge is 0.229 e. The van der Waals surface area contributed by atoms with Crippen LogP contribution in [0.5, 0.6) is 0 Å². The molecule has 2 aromatic heterocycles. The van der Waals surface area contributed by atoms with Gasteiger partial charge in [0.05, 0.1) is 24.9 Å². The topological polar surface area (TPSA) is 75.9 Å². The predicted molar refractivity (Wildman–Crippen MR) is 104 cm³/mol. The zero-order valence-corrected chi connectivity index (χ0v) is 15.0. The molecule has 1 aliphatic heterocycles. The number of piperidine rings is 1. The van der Waals surface area contributed by atoms with Crippen molar-refractivity contribution in [3.05, 3.63) is 66.7 Å². The van der Waals surface area contributed by atoms with E-state index in [0.717, 1.165) is 43.1 Å². The Bertz CT molecular complexity index is 872. The zero-order valence-electron chi connectivity index (χ0n) is 15.0. The molecule has 1 N–H and O–H groups in total. The lowest BCUT2D eigenvalue weighted by Crippen LogP contribution is -2.36. The van der Waals surface area contributed by atoms with E-state index in [2.05, 4.69) is 25.3 Å². The second kappa shape index (κ2) is 7.99. The van der Waals surface area contributed by atoms with E-state index in [-0.39, 0.29) is 11.9 Å². The Labute approximate surface area is 158 Å². The minimum atomic E-state index is -0.0278. The molecule has 1 aliphatic rings. The van der Waals surface area contributed by atoms with Crippen LogP contribution in [0.3, 0.4) is 0 Å². The SMILES string of the molecule is O=C(Cc1ccccc1)Nc1ccnn1C1CCN(c2cnccn2)CC1.